The van der Waals surface area contributed by atoms with E-state index in [9.17, 15) is 0 Å². The maximum atomic E-state index is 2.26. The second-order valence-electron chi connectivity index (χ2n) is 4.56. The van der Waals surface area contributed by atoms with Crippen LogP contribution in [0.25, 0.3) is 0 Å². The first-order valence-corrected chi connectivity index (χ1v) is 8.64. The molecule has 2 unspecified atom stereocenters. The van der Waals surface area contributed by atoms with Crippen molar-refractivity contribution < 1.29 is 0 Å². The van der Waals surface area contributed by atoms with Gasteiger partial charge in [-0.25, -0.2) is 0 Å². The van der Waals surface area contributed by atoms with Crippen LogP contribution in [0.15, 0.2) is 84.9 Å². The van der Waals surface area contributed by atoms with Gasteiger partial charge in [-0.05, 0) is 21.2 Å². The fourth-order valence-corrected chi connectivity index (χ4v) is 4.06. The fraction of sp³-hybridized carbons (Fsp3) is 0. The summed E-state index contributed by atoms with van der Waals surface area (Å²) in [4.78, 5) is 0. The van der Waals surface area contributed by atoms with E-state index in [0.717, 1.165) is 17.2 Å². The molecule has 0 nitrogen and oxygen atoms in total. The van der Waals surface area contributed by atoms with Crippen molar-refractivity contribution in [1.82, 2.24) is 0 Å². The van der Waals surface area contributed by atoms with Gasteiger partial charge in [0.25, 0.3) is 0 Å². The summed E-state index contributed by atoms with van der Waals surface area (Å²) < 4.78 is 0. The van der Waals surface area contributed by atoms with Crippen LogP contribution in [0.1, 0.15) is 0 Å². The zero-order valence-corrected chi connectivity index (χ0v) is 13.1. The minimum absolute atomic E-state index is 0.744. The molecule has 0 radical (unpaired) electrons. The van der Waals surface area contributed by atoms with Crippen LogP contribution < -0.4 is 21.2 Å². The molecule has 0 N–H and O–H groups in total. The van der Waals surface area contributed by atoms with Crippen molar-refractivity contribution >= 4 is 38.4 Å². The predicted octanol–water partition coefficient (Wildman–Crippen LogP) is 2.95. The molecule has 2 heteroatoms. The standard InChI is InChI=1S/C18H16P2/c1-3-7-15(8-4-1)19-17-11-13-18(14-12-17)20-16-9-5-2-6-10-16/h1-14,19-20H. The summed E-state index contributed by atoms with van der Waals surface area (Å²) in [6, 6.07) is 30.4. The van der Waals surface area contributed by atoms with E-state index >= 15 is 0 Å². The van der Waals surface area contributed by atoms with Crippen molar-refractivity contribution in [3.8, 4) is 0 Å². The molecule has 0 aromatic heterocycles. The van der Waals surface area contributed by atoms with Gasteiger partial charge >= 0.3 is 0 Å². The van der Waals surface area contributed by atoms with Crippen molar-refractivity contribution in [3.05, 3.63) is 84.9 Å². The lowest BCUT2D eigenvalue weighted by Gasteiger charge is -2.05. The normalized spacial score (nSPS) is 11.6. The van der Waals surface area contributed by atoms with Gasteiger partial charge in [-0.3, -0.25) is 0 Å². The number of rotatable bonds is 4. The third-order valence-electron chi connectivity index (χ3n) is 3.01. The molecule has 2 atom stereocenters. The van der Waals surface area contributed by atoms with E-state index in [2.05, 4.69) is 84.9 Å². The molecule has 3 aromatic carbocycles. The summed E-state index contributed by atoms with van der Waals surface area (Å²) in [5, 5.41) is 5.59. The van der Waals surface area contributed by atoms with Crippen LogP contribution >= 0.6 is 17.2 Å². The van der Waals surface area contributed by atoms with Crippen molar-refractivity contribution in [3.63, 3.8) is 0 Å². The van der Waals surface area contributed by atoms with Crippen LogP contribution in [0.3, 0.4) is 0 Å². The number of hydrogen-bond acceptors (Lipinski definition) is 0. The molecule has 0 spiro atoms. The zero-order valence-electron chi connectivity index (χ0n) is 11.1. The third kappa shape index (κ3) is 3.76. The van der Waals surface area contributed by atoms with Crippen molar-refractivity contribution in [2.24, 2.45) is 0 Å². The highest BCUT2D eigenvalue weighted by Crippen LogP contribution is 2.13. The van der Waals surface area contributed by atoms with Gasteiger partial charge in [0.15, 0.2) is 0 Å². The van der Waals surface area contributed by atoms with Crippen LogP contribution in [0, 0.1) is 0 Å². The lowest BCUT2D eigenvalue weighted by molar-refractivity contribution is 1.77. The predicted molar refractivity (Wildman–Crippen MR) is 94.5 cm³/mol. The summed E-state index contributed by atoms with van der Waals surface area (Å²) >= 11 is 0. The highest BCUT2D eigenvalue weighted by Gasteiger charge is 1.98. The monoisotopic (exact) mass is 294 g/mol. The lowest BCUT2D eigenvalue weighted by atomic mass is 10.4. The Morgan fingerprint density at radius 3 is 1.00 bits per heavy atom. The van der Waals surface area contributed by atoms with Crippen LogP contribution in [-0.2, 0) is 0 Å². The van der Waals surface area contributed by atoms with E-state index in [4.69, 9.17) is 0 Å². The quantitative estimate of drug-likeness (QED) is 0.649. The highest BCUT2D eigenvalue weighted by molar-refractivity contribution is 7.56. The van der Waals surface area contributed by atoms with Gasteiger partial charge in [0, 0.05) is 0 Å². The van der Waals surface area contributed by atoms with Crippen LogP contribution in [0.5, 0.6) is 0 Å². The first-order valence-electron chi connectivity index (χ1n) is 6.64. The van der Waals surface area contributed by atoms with Crippen LogP contribution in [0.2, 0.25) is 0 Å². The largest absolute Gasteiger partial charge is 0.0622 e. The molecule has 0 bridgehead atoms. The Hall–Kier alpha value is -1.48. The Bertz CT molecular complexity index is 586. The minimum atomic E-state index is 0.744. The van der Waals surface area contributed by atoms with Crippen molar-refractivity contribution in [1.29, 1.82) is 0 Å². The summed E-state index contributed by atoms with van der Waals surface area (Å²) in [5.41, 5.74) is 0. The van der Waals surface area contributed by atoms with Gasteiger partial charge in [-0.1, -0.05) is 102 Å². The van der Waals surface area contributed by atoms with E-state index in [1.807, 2.05) is 0 Å². The summed E-state index contributed by atoms with van der Waals surface area (Å²) in [6.45, 7) is 0. The first-order chi connectivity index (χ1) is 9.90. The molecular weight excluding hydrogens is 278 g/mol. The maximum Gasteiger partial charge on any atom is -0.0226 e. The lowest BCUT2D eigenvalue weighted by Crippen LogP contribution is -2.07. The van der Waals surface area contributed by atoms with E-state index in [-0.39, 0.29) is 0 Å². The summed E-state index contributed by atoms with van der Waals surface area (Å²) in [5.74, 6) is 0. The van der Waals surface area contributed by atoms with Gasteiger partial charge in [-0.15, -0.1) is 0 Å². The molecule has 0 heterocycles. The molecule has 0 saturated carbocycles. The number of benzene rings is 3. The minimum Gasteiger partial charge on any atom is -0.0622 e. The Morgan fingerprint density at radius 2 is 0.650 bits per heavy atom. The highest BCUT2D eigenvalue weighted by atomic mass is 31.1. The SMILES string of the molecule is c1ccc(Pc2ccc(Pc3ccccc3)cc2)cc1. The molecule has 0 fully saturated rings. The van der Waals surface area contributed by atoms with Crippen LogP contribution in [0.4, 0.5) is 0 Å². The molecule has 20 heavy (non-hydrogen) atoms. The molecule has 0 saturated heterocycles. The average Bonchev–Trinajstić information content (AvgIpc) is 2.51. The van der Waals surface area contributed by atoms with Gasteiger partial charge in [0.1, 0.15) is 0 Å². The average molecular weight is 294 g/mol. The van der Waals surface area contributed by atoms with Gasteiger partial charge < -0.3 is 0 Å². The number of hydrogen-bond donors (Lipinski definition) is 0. The maximum absolute atomic E-state index is 2.26. The van der Waals surface area contributed by atoms with Crippen molar-refractivity contribution in [2.45, 2.75) is 0 Å². The first kappa shape index (κ1) is 13.5. The van der Waals surface area contributed by atoms with E-state index in [1.54, 1.807) is 0 Å². The van der Waals surface area contributed by atoms with Crippen molar-refractivity contribution in [2.75, 3.05) is 0 Å². The summed E-state index contributed by atoms with van der Waals surface area (Å²) in [6.07, 6.45) is 0. The van der Waals surface area contributed by atoms with E-state index in [1.165, 1.54) is 21.2 Å². The molecule has 0 amide bonds. The fourth-order valence-electron chi connectivity index (χ4n) is 2.01. The molecular formula is C18H16P2. The zero-order chi connectivity index (χ0) is 13.6. The second-order valence-corrected chi connectivity index (χ2v) is 7.37. The van der Waals surface area contributed by atoms with Gasteiger partial charge in [-0.2, -0.15) is 0 Å². The Balaban J connectivity index is 1.69. The molecule has 0 aliphatic rings. The molecule has 3 aromatic rings. The van der Waals surface area contributed by atoms with E-state index in [0.29, 0.717) is 0 Å². The topological polar surface area (TPSA) is 0 Å². The Labute approximate surface area is 123 Å². The third-order valence-corrected chi connectivity index (χ3v) is 5.50. The molecule has 3 rings (SSSR count). The van der Waals surface area contributed by atoms with Gasteiger partial charge in [0.2, 0.25) is 0 Å². The smallest absolute Gasteiger partial charge is 0.0226 e. The van der Waals surface area contributed by atoms with E-state index < -0.39 is 0 Å². The molecule has 0 aliphatic carbocycles. The molecule has 98 valence electrons. The summed E-state index contributed by atoms with van der Waals surface area (Å²) in [7, 11) is 1.49. The Kier molecular flexibility index (Phi) is 4.59. The second kappa shape index (κ2) is 6.80. The van der Waals surface area contributed by atoms with Crippen LogP contribution in [-0.4, -0.2) is 0 Å². The van der Waals surface area contributed by atoms with Gasteiger partial charge in [0.05, 0.1) is 0 Å². The Morgan fingerprint density at radius 1 is 0.350 bits per heavy atom. The molecule has 0 aliphatic heterocycles.